The van der Waals surface area contributed by atoms with Crippen molar-refractivity contribution in [3.05, 3.63) is 0 Å². The maximum Gasteiger partial charge on any atom is 0.326 e. The molecule has 2 atom stereocenters. The van der Waals surface area contributed by atoms with Gasteiger partial charge in [-0.05, 0) is 18.6 Å². The third kappa shape index (κ3) is 7.90. The van der Waals surface area contributed by atoms with Gasteiger partial charge in [0.25, 0.3) is 0 Å². The van der Waals surface area contributed by atoms with E-state index in [9.17, 15) is 9.59 Å². The van der Waals surface area contributed by atoms with Gasteiger partial charge in [0, 0.05) is 11.8 Å². The van der Waals surface area contributed by atoms with Gasteiger partial charge in [0.05, 0.1) is 0 Å². The zero-order chi connectivity index (χ0) is 13.4. The Labute approximate surface area is 107 Å². The Hall–Kier alpha value is -0.910. The fraction of sp³-hybridized carbons (Fsp3) is 0.818. The van der Waals surface area contributed by atoms with E-state index in [0.717, 1.165) is 0 Å². The lowest BCUT2D eigenvalue weighted by Gasteiger charge is -2.17. The summed E-state index contributed by atoms with van der Waals surface area (Å²) in [5.41, 5.74) is 0. The SMILES string of the molecule is CSC(C)CNC(=O)NC(CC(C)C)C(=O)O. The highest BCUT2D eigenvalue weighted by Crippen LogP contribution is 2.05. The van der Waals surface area contributed by atoms with E-state index in [4.69, 9.17) is 5.11 Å². The fourth-order valence-electron chi connectivity index (χ4n) is 1.22. The highest BCUT2D eigenvalue weighted by Gasteiger charge is 2.20. The third-order valence-electron chi connectivity index (χ3n) is 2.26. The van der Waals surface area contributed by atoms with Gasteiger partial charge in [0.15, 0.2) is 0 Å². The van der Waals surface area contributed by atoms with Crippen LogP contribution in [0.1, 0.15) is 27.2 Å². The smallest absolute Gasteiger partial charge is 0.326 e. The molecule has 3 N–H and O–H groups in total. The first kappa shape index (κ1) is 16.1. The number of rotatable bonds is 7. The van der Waals surface area contributed by atoms with Crippen LogP contribution < -0.4 is 10.6 Å². The van der Waals surface area contributed by atoms with Gasteiger partial charge in [-0.2, -0.15) is 11.8 Å². The highest BCUT2D eigenvalue weighted by molar-refractivity contribution is 7.99. The van der Waals surface area contributed by atoms with Crippen molar-refractivity contribution in [3.8, 4) is 0 Å². The highest BCUT2D eigenvalue weighted by atomic mass is 32.2. The van der Waals surface area contributed by atoms with Crippen LogP contribution in [0.15, 0.2) is 0 Å². The van der Waals surface area contributed by atoms with E-state index in [0.29, 0.717) is 18.2 Å². The summed E-state index contributed by atoms with van der Waals surface area (Å²) < 4.78 is 0. The molecule has 5 nitrogen and oxygen atoms in total. The van der Waals surface area contributed by atoms with E-state index in [1.807, 2.05) is 27.0 Å². The van der Waals surface area contributed by atoms with Crippen LogP contribution in [0.2, 0.25) is 0 Å². The number of urea groups is 1. The van der Waals surface area contributed by atoms with Crippen molar-refractivity contribution in [2.24, 2.45) is 5.92 Å². The molecule has 0 aliphatic carbocycles. The molecule has 0 saturated carbocycles. The van der Waals surface area contributed by atoms with Crippen molar-refractivity contribution < 1.29 is 14.7 Å². The van der Waals surface area contributed by atoms with Gasteiger partial charge in [-0.25, -0.2) is 9.59 Å². The Balaban J connectivity index is 4.08. The topological polar surface area (TPSA) is 78.4 Å². The van der Waals surface area contributed by atoms with Gasteiger partial charge in [-0.1, -0.05) is 20.8 Å². The van der Waals surface area contributed by atoms with Crippen LogP contribution in [-0.2, 0) is 4.79 Å². The van der Waals surface area contributed by atoms with Crippen LogP contribution in [0, 0.1) is 5.92 Å². The number of hydrogen-bond donors (Lipinski definition) is 3. The molecule has 6 heteroatoms. The minimum atomic E-state index is -0.994. The largest absolute Gasteiger partial charge is 0.480 e. The predicted octanol–water partition coefficient (Wildman–Crippen LogP) is 1.54. The Morgan fingerprint density at radius 3 is 2.29 bits per heavy atom. The van der Waals surface area contributed by atoms with Crippen molar-refractivity contribution in [2.45, 2.75) is 38.5 Å². The van der Waals surface area contributed by atoms with E-state index in [1.54, 1.807) is 11.8 Å². The summed E-state index contributed by atoms with van der Waals surface area (Å²) in [6.07, 6.45) is 2.39. The number of carbonyl (C=O) groups excluding carboxylic acids is 1. The molecule has 0 aromatic heterocycles. The predicted molar refractivity (Wildman–Crippen MR) is 70.4 cm³/mol. The summed E-state index contributed by atoms with van der Waals surface area (Å²) in [6, 6.07) is -1.24. The lowest BCUT2D eigenvalue weighted by atomic mass is 10.0. The molecule has 0 radical (unpaired) electrons. The molecule has 0 aliphatic rings. The summed E-state index contributed by atoms with van der Waals surface area (Å²) in [6.45, 7) is 6.37. The van der Waals surface area contributed by atoms with E-state index in [1.165, 1.54) is 0 Å². The van der Waals surface area contributed by atoms with Crippen molar-refractivity contribution in [2.75, 3.05) is 12.8 Å². The number of nitrogens with one attached hydrogen (secondary N) is 2. The minimum Gasteiger partial charge on any atom is -0.480 e. The van der Waals surface area contributed by atoms with Crippen molar-refractivity contribution in [3.63, 3.8) is 0 Å². The minimum absolute atomic E-state index is 0.224. The first-order valence-electron chi connectivity index (χ1n) is 5.66. The Bertz CT molecular complexity index is 259. The Morgan fingerprint density at radius 2 is 1.88 bits per heavy atom. The van der Waals surface area contributed by atoms with Crippen LogP contribution in [0.3, 0.4) is 0 Å². The molecular formula is C11H22N2O3S. The van der Waals surface area contributed by atoms with E-state index >= 15 is 0 Å². The van der Waals surface area contributed by atoms with Gasteiger partial charge in [-0.15, -0.1) is 0 Å². The zero-order valence-corrected chi connectivity index (χ0v) is 11.6. The maximum absolute atomic E-state index is 11.5. The van der Waals surface area contributed by atoms with Crippen molar-refractivity contribution >= 4 is 23.8 Å². The van der Waals surface area contributed by atoms with Crippen LogP contribution >= 0.6 is 11.8 Å². The molecule has 0 heterocycles. The van der Waals surface area contributed by atoms with Gasteiger partial charge in [0.2, 0.25) is 0 Å². The summed E-state index contributed by atoms with van der Waals surface area (Å²) in [5, 5.41) is 14.4. The summed E-state index contributed by atoms with van der Waals surface area (Å²) in [7, 11) is 0. The quantitative estimate of drug-likeness (QED) is 0.650. The molecule has 100 valence electrons. The maximum atomic E-state index is 11.5. The van der Waals surface area contributed by atoms with Gasteiger partial charge in [0.1, 0.15) is 6.04 Å². The van der Waals surface area contributed by atoms with Crippen LogP contribution in [0.4, 0.5) is 4.79 Å². The molecule has 0 aromatic carbocycles. The number of thioether (sulfide) groups is 1. The summed E-state index contributed by atoms with van der Waals surface area (Å²) in [5.74, 6) is -0.770. The molecule has 0 bridgehead atoms. The second-order valence-corrected chi connectivity index (χ2v) is 5.70. The normalized spacial score (nSPS) is 14.2. The molecule has 0 aromatic rings. The van der Waals surface area contributed by atoms with E-state index in [-0.39, 0.29) is 5.92 Å². The average Bonchev–Trinajstić information content (AvgIpc) is 2.24. The summed E-state index contributed by atoms with van der Waals surface area (Å²) in [4.78, 5) is 22.4. The molecular weight excluding hydrogens is 240 g/mol. The van der Waals surface area contributed by atoms with Gasteiger partial charge >= 0.3 is 12.0 Å². The number of amides is 2. The molecule has 2 amide bonds. The average molecular weight is 262 g/mol. The number of carboxylic acids is 1. The molecule has 0 aliphatic heterocycles. The fourth-order valence-corrected chi connectivity index (χ4v) is 1.47. The molecule has 17 heavy (non-hydrogen) atoms. The lowest BCUT2D eigenvalue weighted by molar-refractivity contribution is -0.139. The third-order valence-corrected chi connectivity index (χ3v) is 3.23. The molecule has 0 fully saturated rings. The Morgan fingerprint density at radius 1 is 1.29 bits per heavy atom. The summed E-state index contributed by atoms with van der Waals surface area (Å²) >= 11 is 1.64. The number of hydrogen-bond acceptors (Lipinski definition) is 3. The zero-order valence-electron chi connectivity index (χ0n) is 10.8. The first-order chi connectivity index (χ1) is 7.86. The number of carboxylic acid groups (broad SMARTS) is 1. The second-order valence-electron chi connectivity index (χ2n) is 4.42. The first-order valence-corrected chi connectivity index (χ1v) is 6.95. The van der Waals surface area contributed by atoms with Crippen molar-refractivity contribution in [1.29, 1.82) is 0 Å². The Kier molecular flexibility index (Phi) is 7.78. The number of aliphatic carboxylic acids is 1. The molecule has 2 unspecified atom stereocenters. The van der Waals surface area contributed by atoms with Gasteiger partial charge < -0.3 is 15.7 Å². The second kappa shape index (κ2) is 8.22. The van der Waals surface area contributed by atoms with Crippen LogP contribution in [0.25, 0.3) is 0 Å². The molecule has 0 spiro atoms. The lowest BCUT2D eigenvalue weighted by Crippen LogP contribution is -2.47. The van der Waals surface area contributed by atoms with Gasteiger partial charge in [-0.3, -0.25) is 0 Å². The van der Waals surface area contributed by atoms with Crippen LogP contribution in [0.5, 0.6) is 0 Å². The monoisotopic (exact) mass is 262 g/mol. The molecule has 0 saturated heterocycles. The molecule has 0 rings (SSSR count). The number of carbonyl (C=O) groups is 2. The van der Waals surface area contributed by atoms with Crippen LogP contribution in [-0.4, -0.2) is 41.2 Å². The van der Waals surface area contributed by atoms with E-state index < -0.39 is 18.0 Å². The van der Waals surface area contributed by atoms with Crippen molar-refractivity contribution in [1.82, 2.24) is 10.6 Å². The standard InChI is InChI=1S/C11H22N2O3S/c1-7(2)5-9(10(14)15)13-11(16)12-6-8(3)17-4/h7-9H,5-6H2,1-4H3,(H,14,15)(H2,12,13,16). The van der Waals surface area contributed by atoms with E-state index in [2.05, 4.69) is 10.6 Å².